The zero-order valence-electron chi connectivity index (χ0n) is 11.8. The van der Waals surface area contributed by atoms with Gasteiger partial charge < -0.3 is 5.11 Å². The van der Waals surface area contributed by atoms with Crippen LogP contribution in [-0.2, 0) is 10.0 Å². The van der Waals surface area contributed by atoms with Gasteiger partial charge in [-0.2, -0.15) is 0 Å². The maximum atomic E-state index is 13.0. The van der Waals surface area contributed by atoms with Crippen molar-refractivity contribution in [2.75, 3.05) is 0 Å². The molecule has 0 bridgehead atoms. The average Bonchev–Trinajstić information content (AvgIpc) is 2.95. The van der Waals surface area contributed by atoms with Crippen LogP contribution in [0, 0.1) is 0 Å². The summed E-state index contributed by atoms with van der Waals surface area (Å²) in [7, 11) is -3.80. The molecule has 0 saturated carbocycles. The smallest absolute Gasteiger partial charge is 0.268 e. The van der Waals surface area contributed by atoms with Crippen LogP contribution < -0.4 is 0 Å². The Bertz CT molecular complexity index is 927. The van der Waals surface area contributed by atoms with Gasteiger partial charge in [-0.15, -0.1) is 6.58 Å². The molecule has 0 radical (unpaired) electrons. The molecule has 22 heavy (non-hydrogen) atoms. The summed E-state index contributed by atoms with van der Waals surface area (Å²) >= 11 is 0. The summed E-state index contributed by atoms with van der Waals surface area (Å²) < 4.78 is 27.1. The summed E-state index contributed by atoms with van der Waals surface area (Å²) in [4.78, 5) is 0.175. The Hall–Kier alpha value is -2.37. The first-order valence-electron chi connectivity index (χ1n) is 6.77. The van der Waals surface area contributed by atoms with Crippen molar-refractivity contribution in [1.29, 1.82) is 0 Å². The topological polar surface area (TPSA) is 59.3 Å². The molecule has 4 nitrogen and oxygen atoms in total. The lowest BCUT2D eigenvalue weighted by Gasteiger charge is -2.13. The molecule has 1 unspecified atom stereocenters. The van der Waals surface area contributed by atoms with Gasteiger partial charge >= 0.3 is 0 Å². The highest BCUT2D eigenvalue weighted by Crippen LogP contribution is 2.29. The Labute approximate surface area is 129 Å². The molecule has 1 aromatic heterocycles. The Morgan fingerprint density at radius 1 is 1.05 bits per heavy atom. The molecule has 1 N–H and O–H groups in total. The van der Waals surface area contributed by atoms with Gasteiger partial charge in [0.25, 0.3) is 10.0 Å². The molecule has 0 amide bonds. The van der Waals surface area contributed by atoms with Crippen LogP contribution in [0.4, 0.5) is 0 Å². The highest BCUT2D eigenvalue weighted by atomic mass is 32.2. The minimum atomic E-state index is -3.80. The standard InChI is InChI=1S/C17H15NO3S/c1-2-17(19)16-12-13-8-6-7-11-15(13)18(16)22(20,21)14-9-4-3-5-10-14/h2-12,17,19H,1H2. The fourth-order valence-electron chi connectivity index (χ4n) is 2.44. The van der Waals surface area contributed by atoms with Crippen LogP contribution in [0.3, 0.4) is 0 Å². The minimum absolute atomic E-state index is 0.175. The Morgan fingerprint density at radius 3 is 2.36 bits per heavy atom. The molecule has 3 aromatic rings. The Kier molecular flexibility index (Phi) is 3.60. The van der Waals surface area contributed by atoms with E-state index >= 15 is 0 Å². The number of fused-ring (bicyclic) bond motifs is 1. The van der Waals surface area contributed by atoms with Gasteiger partial charge in [0.1, 0.15) is 6.10 Å². The van der Waals surface area contributed by atoms with Gasteiger partial charge in [-0.25, -0.2) is 12.4 Å². The van der Waals surface area contributed by atoms with Crippen LogP contribution in [0.15, 0.2) is 78.2 Å². The van der Waals surface area contributed by atoms with Gasteiger partial charge in [0, 0.05) is 5.39 Å². The molecule has 3 rings (SSSR count). The van der Waals surface area contributed by atoms with Crippen molar-refractivity contribution in [3.8, 4) is 0 Å². The molecule has 0 saturated heterocycles. The summed E-state index contributed by atoms with van der Waals surface area (Å²) in [6.45, 7) is 3.54. The molecule has 0 aliphatic carbocycles. The predicted octanol–water partition coefficient (Wildman–Crippen LogP) is 3.10. The lowest BCUT2D eigenvalue weighted by atomic mass is 10.2. The van der Waals surface area contributed by atoms with Gasteiger partial charge in [-0.1, -0.05) is 42.5 Å². The summed E-state index contributed by atoms with van der Waals surface area (Å²) in [6.07, 6.45) is 0.247. The SMILES string of the molecule is C=CC(O)c1cc2ccccc2n1S(=O)(=O)c1ccccc1. The molecule has 2 aromatic carbocycles. The number of aliphatic hydroxyl groups is 1. The third-order valence-corrected chi connectivity index (χ3v) is 5.26. The van der Waals surface area contributed by atoms with Crippen molar-refractivity contribution in [3.05, 3.63) is 79.0 Å². The molecule has 112 valence electrons. The Morgan fingerprint density at radius 2 is 1.68 bits per heavy atom. The second kappa shape index (κ2) is 5.44. The molecule has 0 aliphatic heterocycles. The third-order valence-electron chi connectivity index (χ3n) is 3.50. The number of rotatable bonds is 4. The number of para-hydroxylation sites is 1. The largest absolute Gasteiger partial charge is 0.383 e. The summed E-state index contributed by atoms with van der Waals surface area (Å²) in [5.74, 6) is 0. The van der Waals surface area contributed by atoms with E-state index in [-0.39, 0.29) is 10.6 Å². The van der Waals surface area contributed by atoms with Crippen molar-refractivity contribution < 1.29 is 13.5 Å². The van der Waals surface area contributed by atoms with Crippen molar-refractivity contribution in [2.45, 2.75) is 11.0 Å². The van der Waals surface area contributed by atoms with Crippen molar-refractivity contribution in [1.82, 2.24) is 3.97 Å². The minimum Gasteiger partial charge on any atom is -0.383 e. The highest BCUT2D eigenvalue weighted by Gasteiger charge is 2.24. The number of benzene rings is 2. The van der Waals surface area contributed by atoms with Gasteiger partial charge in [0.05, 0.1) is 16.1 Å². The van der Waals surface area contributed by atoms with Gasteiger partial charge in [0.15, 0.2) is 0 Å². The molecule has 0 spiro atoms. The van der Waals surface area contributed by atoms with Gasteiger partial charge in [-0.05, 0) is 24.3 Å². The van der Waals surface area contributed by atoms with Crippen LogP contribution in [0.1, 0.15) is 11.8 Å². The zero-order valence-corrected chi connectivity index (χ0v) is 12.6. The van der Waals surface area contributed by atoms with E-state index in [0.717, 1.165) is 5.39 Å². The van der Waals surface area contributed by atoms with E-state index in [4.69, 9.17) is 0 Å². The first-order valence-corrected chi connectivity index (χ1v) is 8.21. The van der Waals surface area contributed by atoms with E-state index in [0.29, 0.717) is 5.52 Å². The normalized spacial score (nSPS) is 13.1. The van der Waals surface area contributed by atoms with Crippen molar-refractivity contribution in [2.24, 2.45) is 0 Å². The summed E-state index contributed by atoms with van der Waals surface area (Å²) in [6, 6.07) is 17.0. The number of nitrogens with zero attached hydrogens (tertiary/aromatic N) is 1. The van der Waals surface area contributed by atoms with Crippen molar-refractivity contribution >= 4 is 20.9 Å². The van der Waals surface area contributed by atoms with Crippen LogP contribution in [0.25, 0.3) is 10.9 Å². The van der Waals surface area contributed by atoms with Crippen LogP contribution in [0.5, 0.6) is 0 Å². The van der Waals surface area contributed by atoms with Crippen LogP contribution in [0.2, 0.25) is 0 Å². The first kappa shape index (κ1) is 14.6. The van der Waals surface area contributed by atoms with E-state index < -0.39 is 16.1 Å². The summed E-state index contributed by atoms with van der Waals surface area (Å²) in [5, 5.41) is 10.9. The highest BCUT2D eigenvalue weighted by molar-refractivity contribution is 7.90. The second-order valence-electron chi connectivity index (χ2n) is 4.89. The molecule has 0 fully saturated rings. The van der Waals surface area contributed by atoms with Gasteiger partial charge in [0.2, 0.25) is 0 Å². The summed E-state index contributed by atoms with van der Waals surface area (Å²) in [5.41, 5.74) is 0.808. The molecule has 0 aliphatic rings. The average molecular weight is 313 g/mol. The van der Waals surface area contributed by atoms with E-state index in [2.05, 4.69) is 6.58 Å². The van der Waals surface area contributed by atoms with E-state index in [1.807, 2.05) is 12.1 Å². The van der Waals surface area contributed by atoms with Gasteiger partial charge in [-0.3, -0.25) is 0 Å². The fourth-order valence-corrected chi connectivity index (χ4v) is 4.02. The molecule has 1 atom stereocenters. The van der Waals surface area contributed by atoms with Crippen LogP contribution >= 0.6 is 0 Å². The lowest BCUT2D eigenvalue weighted by Crippen LogP contribution is -2.17. The van der Waals surface area contributed by atoms with E-state index in [1.54, 1.807) is 36.4 Å². The molecule has 1 heterocycles. The number of aromatic nitrogens is 1. The number of hydrogen-bond donors (Lipinski definition) is 1. The predicted molar refractivity (Wildman–Crippen MR) is 86.1 cm³/mol. The number of aliphatic hydroxyl groups excluding tert-OH is 1. The molecule has 5 heteroatoms. The fraction of sp³-hybridized carbons (Fsp3) is 0.0588. The maximum Gasteiger partial charge on any atom is 0.268 e. The van der Waals surface area contributed by atoms with Crippen LogP contribution in [-0.4, -0.2) is 17.5 Å². The maximum absolute atomic E-state index is 13.0. The monoisotopic (exact) mass is 313 g/mol. The third kappa shape index (κ3) is 2.24. The molecular formula is C17H15NO3S. The van der Waals surface area contributed by atoms with E-state index in [1.165, 1.54) is 22.2 Å². The lowest BCUT2D eigenvalue weighted by molar-refractivity contribution is 0.223. The quantitative estimate of drug-likeness (QED) is 0.753. The molecular weight excluding hydrogens is 298 g/mol. The first-order chi connectivity index (χ1) is 10.6. The zero-order chi connectivity index (χ0) is 15.7. The number of hydrogen-bond acceptors (Lipinski definition) is 3. The Balaban J connectivity index is 2.36. The second-order valence-corrected chi connectivity index (χ2v) is 6.68. The van der Waals surface area contributed by atoms with E-state index in [9.17, 15) is 13.5 Å². The van der Waals surface area contributed by atoms with Crippen molar-refractivity contribution in [3.63, 3.8) is 0 Å².